The highest BCUT2D eigenvalue weighted by atomic mass is 16.5. The minimum Gasteiger partial charge on any atom is -0.497 e. The van der Waals surface area contributed by atoms with Gasteiger partial charge in [-0.2, -0.15) is 5.10 Å². The summed E-state index contributed by atoms with van der Waals surface area (Å²) in [6.07, 6.45) is 9.09. The topological polar surface area (TPSA) is 114 Å². The number of benzene rings is 2. The van der Waals surface area contributed by atoms with Gasteiger partial charge in [-0.1, -0.05) is 54.5 Å². The molecule has 2 saturated carbocycles. The summed E-state index contributed by atoms with van der Waals surface area (Å²) >= 11 is 0. The molecule has 44 heavy (non-hydrogen) atoms. The third-order valence-electron chi connectivity index (χ3n) is 8.96. The molecule has 0 bridgehead atoms. The number of aromatic nitrogens is 5. The van der Waals surface area contributed by atoms with Gasteiger partial charge < -0.3 is 19.3 Å². The predicted molar refractivity (Wildman–Crippen MR) is 165 cm³/mol. The highest BCUT2D eigenvalue weighted by Gasteiger charge is 2.30. The quantitative estimate of drug-likeness (QED) is 0.222. The van der Waals surface area contributed by atoms with Crippen molar-refractivity contribution in [3.63, 3.8) is 0 Å². The Balaban J connectivity index is 1.11. The van der Waals surface area contributed by atoms with Gasteiger partial charge >= 0.3 is 5.97 Å². The molecule has 2 aliphatic carbocycles. The number of hydrogen-bond donors (Lipinski definition) is 1. The molecule has 10 heteroatoms. The molecule has 2 atom stereocenters. The van der Waals surface area contributed by atoms with Crippen LogP contribution in [0, 0.1) is 0 Å². The summed E-state index contributed by atoms with van der Waals surface area (Å²) in [5.41, 5.74) is 4.58. The predicted octanol–water partition coefficient (Wildman–Crippen LogP) is 5.96. The molecule has 0 aliphatic heterocycles. The van der Waals surface area contributed by atoms with Crippen LogP contribution in [0.1, 0.15) is 91.9 Å². The second kappa shape index (κ2) is 13.6. The Hall–Kier alpha value is -4.18. The lowest BCUT2D eigenvalue weighted by atomic mass is 9.82. The van der Waals surface area contributed by atoms with E-state index in [4.69, 9.17) is 14.2 Å². The molecular weight excluding hydrogens is 558 g/mol. The minimum absolute atomic E-state index is 0.0377. The van der Waals surface area contributed by atoms with Gasteiger partial charge in [-0.3, -0.25) is 4.68 Å². The lowest BCUT2D eigenvalue weighted by molar-refractivity contribution is 0.0507. The van der Waals surface area contributed by atoms with Gasteiger partial charge in [0.15, 0.2) is 0 Å². The molecule has 0 radical (unpaired) electrons. The molecule has 6 rings (SSSR count). The summed E-state index contributed by atoms with van der Waals surface area (Å²) in [4.78, 5) is 12.7. The standard InChI is InChI=1S/C34H41N5O5/c1-3-43-34(41)32-33(38(37-36-32)22-23-8-16-27(42-2)17-9-23)44-28-18-14-25(15-19-28)24-10-12-26(13-11-24)29-20-21-35-39(29)30-6-4-5-7-31(30)40/h8-13,16-17,20-21,25,28,30-31,40H,3-7,14-15,18-19,22H2,1-2H3/t25-,28-,30-,31-/m0/s1. The van der Waals surface area contributed by atoms with Gasteiger partial charge in [0, 0.05) is 6.20 Å². The number of carbonyl (C=O) groups excluding carboxylic acids is 1. The van der Waals surface area contributed by atoms with Crippen molar-refractivity contribution in [3.8, 4) is 22.9 Å². The molecule has 2 aliphatic rings. The van der Waals surface area contributed by atoms with Crippen LogP contribution in [0.4, 0.5) is 0 Å². The summed E-state index contributed by atoms with van der Waals surface area (Å²) in [7, 11) is 1.63. The van der Waals surface area contributed by atoms with Crippen molar-refractivity contribution >= 4 is 5.97 Å². The summed E-state index contributed by atoms with van der Waals surface area (Å²) in [6.45, 7) is 2.42. The number of aliphatic hydroxyl groups is 1. The second-order valence-electron chi connectivity index (χ2n) is 11.8. The Kier molecular flexibility index (Phi) is 9.26. The van der Waals surface area contributed by atoms with Crippen LogP contribution < -0.4 is 9.47 Å². The maximum Gasteiger partial charge on any atom is 0.364 e. The first-order valence-corrected chi connectivity index (χ1v) is 15.8. The van der Waals surface area contributed by atoms with Crippen molar-refractivity contribution in [2.75, 3.05) is 13.7 Å². The summed E-state index contributed by atoms with van der Waals surface area (Å²) in [6, 6.07) is 18.6. The smallest absolute Gasteiger partial charge is 0.364 e. The highest BCUT2D eigenvalue weighted by molar-refractivity contribution is 5.89. The van der Waals surface area contributed by atoms with Gasteiger partial charge in [-0.15, -0.1) is 5.10 Å². The Morgan fingerprint density at radius 1 is 0.955 bits per heavy atom. The van der Waals surface area contributed by atoms with Crippen molar-refractivity contribution < 1.29 is 24.1 Å². The SMILES string of the molecule is CCOC(=O)c1nnn(Cc2ccc(OC)cc2)c1O[C@H]1CC[C@H](c2ccc(-c3ccnn3[C@H]3CCCC[C@@H]3O)cc2)CC1. The lowest BCUT2D eigenvalue weighted by Gasteiger charge is -2.30. The zero-order valence-corrected chi connectivity index (χ0v) is 25.5. The molecule has 2 aromatic heterocycles. The van der Waals surface area contributed by atoms with Crippen LogP contribution in [0.5, 0.6) is 11.6 Å². The maximum atomic E-state index is 12.7. The summed E-state index contributed by atoms with van der Waals surface area (Å²) in [5.74, 6) is 1.03. The van der Waals surface area contributed by atoms with E-state index in [1.807, 2.05) is 41.2 Å². The molecule has 2 fully saturated rings. The van der Waals surface area contributed by atoms with Crippen molar-refractivity contribution in [1.82, 2.24) is 24.8 Å². The number of ether oxygens (including phenoxy) is 3. The van der Waals surface area contributed by atoms with E-state index in [9.17, 15) is 9.90 Å². The number of aliphatic hydroxyl groups excluding tert-OH is 1. The zero-order valence-electron chi connectivity index (χ0n) is 25.5. The average Bonchev–Trinajstić information content (AvgIpc) is 3.70. The minimum atomic E-state index is -0.531. The first kappa shape index (κ1) is 29.9. The first-order valence-electron chi connectivity index (χ1n) is 15.8. The fraction of sp³-hybridized carbons (Fsp3) is 0.471. The summed E-state index contributed by atoms with van der Waals surface area (Å²) in [5, 5.41) is 23.5. The first-order chi connectivity index (χ1) is 21.5. The largest absolute Gasteiger partial charge is 0.497 e. The fourth-order valence-electron chi connectivity index (χ4n) is 6.54. The average molecular weight is 600 g/mol. The molecule has 10 nitrogen and oxygen atoms in total. The number of hydrogen-bond acceptors (Lipinski definition) is 8. The Bertz CT molecular complexity index is 1520. The van der Waals surface area contributed by atoms with Crippen molar-refractivity contribution in [1.29, 1.82) is 0 Å². The molecule has 2 aromatic carbocycles. The van der Waals surface area contributed by atoms with E-state index in [0.29, 0.717) is 18.3 Å². The third-order valence-corrected chi connectivity index (χ3v) is 8.96. The van der Waals surface area contributed by atoms with Gasteiger partial charge in [0.05, 0.1) is 38.1 Å². The van der Waals surface area contributed by atoms with E-state index in [2.05, 4.69) is 39.7 Å². The number of carbonyl (C=O) groups is 1. The van der Waals surface area contributed by atoms with Crippen molar-refractivity contribution in [2.24, 2.45) is 0 Å². The van der Waals surface area contributed by atoms with Crippen LogP contribution in [0.3, 0.4) is 0 Å². The number of nitrogens with zero attached hydrogens (tertiary/aromatic N) is 5. The molecular formula is C34H41N5O5. The van der Waals surface area contributed by atoms with E-state index in [0.717, 1.165) is 73.9 Å². The summed E-state index contributed by atoms with van der Waals surface area (Å²) < 4.78 is 20.6. The van der Waals surface area contributed by atoms with Crippen molar-refractivity contribution in [2.45, 2.75) is 89.0 Å². The Morgan fingerprint density at radius 2 is 1.70 bits per heavy atom. The van der Waals surface area contributed by atoms with E-state index in [1.54, 1.807) is 18.7 Å². The van der Waals surface area contributed by atoms with Gasteiger partial charge in [0.2, 0.25) is 11.6 Å². The molecule has 2 heterocycles. The monoisotopic (exact) mass is 599 g/mol. The van der Waals surface area contributed by atoms with Gasteiger partial charge in [-0.05, 0) is 86.3 Å². The number of esters is 1. The third kappa shape index (κ3) is 6.50. The van der Waals surface area contributed by atoms with Crippen LogP contribution >= 0.6 is 0 Å². The number of methoxy groups -OCH3 is 1. The normalized spacial score (nSPS) is 22.0. The maximum absolute atomic E-state index is 12.7. The molecule has 0 spiro atoms. The molecule has 232 valence electrons. The van der Waals surface area contributed by atoms with E-state index < -0.39 is 5.97 Å². The second-order valence-corrected chi connectivity index (χ2v) is 11.8. The van der Waals surface area contributed by atoms with Crippen LogP contribution in [0.2, 0.25) is 0 Å². The van der Waals surface area contributed by atoms with E-state index in [1.165, 1.54) is 5.56 Å². The van der Waals surface area contributed by atoms with Crippen LogP contribution in [0.15, 0.2) is 60.8 Å². The van der Waals surface area contributed by atoms with Gasteiger partial charge in [0.25, 0.3) is 0 Å². The number of rotatable bonds is 10. The van der Waals surface area contributed by atoms with Gasteiger partial charge in [-0.25, -0.2) is 9.48 Å². The van der Waals surface area contributed by atoms with Gasteiger partial charge in [0.1, 0.15) is 11.9 Å². The van der Waals surface area contributed by atoms with Crippen LogP contribution in [0.25, 0.3) is 11.3 Å². The van der Waals surface area contributed by atoms with Crippen molar-refractivity contribution in [3.05, 3.63) is 77.6 Å². The van der Waals surface area contributed by atoms with E-state index in [-0.39, 0.29) is 30.6 Å². The van der Waals surface area contributed by atoms with Crippen LogP contribution in [-0.2, 0) is 11.3 Å². The highest BCUT2D eigenvalue weighted by Crippen LogP contribution is 2.37. The van der Waals surface area contributed by atoms with E-state index >= 15 is 0 Å². The molecule has 4 aromatic rings. The van der Waals surface area contributed by atoms with Crippen LogP contribution in [-0.4, -0.2) is 61.8 Å². The molecule has 0 saturated heterocycles. The lowest BCUT2D eigenvalue weighted by Crippen LogP contribution is -2.28. The molecule has 1 N–H and O–H groups in total. The Morgan fingerprint density at radius 3 is 2.41 bits per heavy atom. The zero-order chi connectivity index (χ0) is 30.5. The molecule has 0 amide bonds. The molecule has 0 unspecified atom stereocenters. The Labute approximate surface area is 257 Å². The fourth-order valence-corrected chi connectivity index (χ4v) is 6.54.